The van der Waals surface area contributed by atoms with Gasteiger partial charge in [0.2, 0.25) is 10.0 Å². The van der Waals surface area contributed by atoms with Crippen LogP contribution in [0.2, 0.25) is 0 Å². The minimum atomic E-state index is -3.58. The van der Waals surface area contributed by atoms with E-state index in [1.807, 2.05) is 6.07 Å². The quantitative estimate of drug-likeness (QED) is 0.378. The van der Waals surface area contributed by atoms with E-state index in [-0.39, 0.29) is 10.9 Å². The Hall–Kier alpha value is -1.97. The van der Waals surface area contributed by atoms with Crippen LogP contribution in [0.15, 0.2) is 46.5 Å². The van der Waals surface area contributed by atoms with Crippen molar-refractivity contribution in [3.05, 3.63) is 53.6 Å². The van der Waals surface area contributed by atoms with E-state index in [0.29, 0.717) is 35.8 Å². The van der Waals surface area contributed by atoms with E-state index in [0.717, 1.165) is 55.3 Å². The number of halogens is 2. The van der Waals surface area contributed by atoms with Crippen molar-refractivity contribution in [2.24, 2.45) is 5.92 Å². The van der Waals surface area contributed by atoms with Crippen LogP contribution in [0.4, 0.5) is 8.78 Å². The fourth-order valence-electron chi connectivity index (χ4n) is 5.13. The topological polar surface area (TPSA) is 55.2 Å². The minimum Gasteiger partial charge on any atom is -0.316 e. The molecule has 5 rings (SSSR count). The first-order valence-corrected chi connectivity index (χ1v) is 14.3. The number of nitrogens with zero attached hydrogens (tertiary/aromatic N) is 3. The summed E-state index contributed by atoms with van der Waals surface area (Å²) in [4.78, 5) is 5.07. The third kappa shape index (κ3) is 4.62. The van der Waals surface area contributed by atoms with Gasteiger partial charge in [0.05, 0.1) is 15.9 Å². The zero-order valence-corrected chi connectivity index (χ0v) is 20.8. The summed E-state index contributed by atoms with van der Waals surface area (Å²) in [6, 6.07) is 9.15. The summed E-state index contributed by atoms with van der Waals surface area (Å²) in [5, 5.41) is 0.742. The van der Waals surface area contributed by atoms with Gasteiger partial charge in [0, 0.05) is 31.0 Å². The molecule has 1 atom stereocenters. The molecule has 0 radical (unpaired) electrons. The van der Waals surface area contributed by atoms with Gasteiger partial charge in [-0.05, 0) is 61.4 Å². The molecule has 2 heterocycles. The van der Waals surface area contributed by atoms with E-state index >= 15 is 0 Å². The molecule has 0 spiro atoms. The maximum atomic E-state index is 14.2. The lowest BCUT2D eigenvalue weighted by Gasteiger charge is -2.30. The third-order valence-electron chi connectivity index (χ3n) is 6.95. The lowest BCUT2D eigenvalue weighted by atomic mass is 10.0. The molecule has 1 saturated heterocycles. The van der Waals surface area contributed by atoms with Gasteiger partial charge in [-0.3, -0.25) is 0 Å². The van der Waals surface area contributed by atoms with Crippen LogP contribution in [0, 0.1) is 17.6 Å². The summed E-state index contributed by atoms with van der Waals surface area (Å²) in [5.74, 6) is -0.496. The second-order valence-electron chi connectivity index (χ2n) is 9.49. The third-order valence-corrected chi connectivity index (χ3v) is 9.81. The van der Waals surface area contributed by atoms with Crippen molar-refractivity contribution in [2.75, 3.05) is 13.1 Å². The Morgan fingerprint density at radius 1 is 1.06 bits per heavy atom. The molecule has 2 aliphatic rings. The van der Waals surface area contributed by atoms with Gasteiger partial charge in [0.15, 0.2) is 5.16 Å². The highest BCUT2D eigenvalue weighted by Gasteiger charge is 2.30. The maximum absolute atomic E-state index is 14.2. The second kappa shape index (κ2) is 9.59. The fourth-order valence-corrected chi connectivity index (χ4v) is 7.82. The number of sulfonamides is 1. The molecule has 34 heavy (non-hydrogen) atoms. The lowest BCUT2D eigenvalue weighted by molar-refractivity contribution is 0.281. The number of rotatable bonds is 6. The molecule has 1 saturated carbocycles. The molecule has 1 aliphatic carbocycles. The number of thioether (sulfide) groups is 1. The molecule has 9 heteroatoms. The zero-order valence-electron chi connectivity index (χ0n) is 19.2. The zero-order chi connectivity index (χ0) is 23.9. The first kappa shape index (κ1) is 23.8. The van der Waals surface area contributed by atoms with Crippen LogP contribution in [-0.4, -0.2) is 35.4 Å². The van der Waals surface area contributed by atoms with Crippen molar-refractivity contribution >= 4 is 32.8 Å². The SMILES string of the molecule is C[C@H]1CCCN(S(=O)(=O)c2ccc3c(c2)nc(SCc2ccc(F)cc2F)n3C2CCCC2)C1. The first-order valence-electron chi connectivity index (χ1n) is 11.9. The van der Waals surface area contributed by atoms with Crippen molar-refractivity contribution in [2.45, 2.75) is 67.3 Å². The van der Waals surface area contributed by atoms with Crippen LogP contribution >= 0.6 is 11.8 Å². The molecule has 0 N–H and O–H groups in total. The van der Waals surface area contributed by atoms with Crippen LogP contribution in [0.3, 0.4) is 0 Å². The maximum Gasteiger partial charge on any atom is 0.243 e. The van der Waals surface area contributed by atoms with E-state index in [1.54, 1.807) is 16.4 Å². The number of imidazole rings is 1. The molecule has 1 aromatic heterocycles. The fraction of sp³-hybridized carbons (Fsp3) is 0.480. The molecule has 0 amide bonds. The summed E-state index contributed by atoms with van der Waals surface area (Å²) in [6.07, 6.45) is 6.28. The van der Waals surface area contributed by atoms with Crippen LogP contribution in [-0.2, 0) is 15.8 Å². The molecule has 5 nitrogen and oxygen atoms in total. The Morgan fingerprint density at radius 2 is 1.85 bits per heavy atom. The van der Waals surface area contributed by atoms with E-state index in [4.69, 9.17) is 4.98 Å². The van der Waals surface area contributed by atoms with Crippen molar-refractivity contribution in [1.29, 1.82) is 0 Å². The molecule has 0 bridgehead atoms. The Kier molecular flexibility index (Phi) is 6.70. The molecular weight excluding hydrogens is 476 g/mol. The van der Waals surface area contributed by atoms with Gasteiger partial charge in [0.25, 0.3) is 0 Å². The van der Waals surface area contributed by atoms with E-state index in [2.05, 4.69) is 11.5 Å². The number of benzene rings is 2. The molecule has 2 fully saturated rings. The van der Waals surface area contributed by atoms with Crippen LogP contribution in [0.25, 0.3) is 11.0 Å². The number of hydrogen-bond acceptors (Lipinski definition) is 4. The Bertz CT molecular complexity index is 1300. The summed E-state index contributed by atoms with van der Waals surface area (Å²) in [7, 11) is -3.58. The van der Waals surface area contributed by atoms with E-state index in [1.165, 1.54) is 23.9 Å². The molecular formula is C25H29F2N3O2S2. The number of aromatic nitrogens is 2. The summed E-state index contributed by atoms with van der Waals surface area (Å²) < 4.78 is 57.9. The van der Waals surface area contributed by atoms with Crippen molar-refractivity contribution in [1.82, 2.24) is 13.9 Å². The number of piperidine rings is 1. The van der Waals surface area contributed by atoms with Gasteiger partial charge < -0.3 is 4.57 Å². The standard InChI is InChI=1S/C25H29F2N3O2S2/c1-17-5-4-12-29(15-17)34(31,32)21-10-11-24-23(14-21)28-25(30(24)20-6-2-3-7-20)33-16-18-8-9-19(26)13-22(18)27/h8-11,13-14,17,20H,2-7,12,15-16H2,1H3/t17-/m0/s1. The average Bonchev–Trinajstić information content (AvgIpc) is 3.45. The summed E-state index contributed by atoms with van der Waals surface area (Å²) >= 11 is 1.40. The average molecular weight is 506 g/mol. The van der Waals surface area contributed by atoms with Gasteiger partial charge in [-0.25, -0.2) is 22.2 Å². The Balaban J connectivity index is 1.49. The molecule has 182 valence electrons. The number of fused-ring (bicyclic) bond motifs is 1. The van der Waals surface area contributed by atoms with Gasteiger partial charge in [-0.15, -0.1) is 0 Å². The van der Waals surface area contributed by atoms with E-state index in [9.17, 15) is 17.2 Å². The predicted octanol–water partition coefficient (Wildman–Crippen LogP) is 6.14. The van der Waals surface area contributed by atoms with Gasteiger partial charge >= 0.3 is 0 Å². The predicted molar refractivity (Wildman–Crippen MR) is 130 cm³/mol. The molecule has 2 aromatic carbocycles. The monoisotopic (exact) mass is 505 g/mol. The molecule has 0 unspecified atom stereocenters. The van der Waals surface area contributed by atoms with Gasteiger partial charge in [-0.2, -0.15) is 4.31 Å². The first-order chi connectivity index (χ1) is 16.3. The smallest absolute Gasteiger partial charge is 0.243 e. The second-order valence-corrected chi connectivity index (χ2v) is 12.4. The van der Waals surface area contributed by atoms with Gasteiger partial charge in [-0.1, -0.05) is 37.6 Å². The molecule has 1 aliphatic heterocycles. The highest BCUT2D eigenvalue weighted by atomic mass is 32.2. The molecule has 3 aromatic rings. The van der Waals surface area contributed by atoms with Gasteiger partial charge in [0.1, 0.15) is 11.6 Å². The highest BCUT2D eigenvalue weighted by molar-refractivity contribution is 7.98. The Labute approximate surface area is 203 Å². The van der Waals surface area contributed by atoms with E-state index < -0.39 is 21.7 Å². The number of hydrogen-bond donors (Lipinski definition) is 0. The summed E-state index contributed by atoms with van der Waals surface area (Å²) in [6.45, 7) is 3.17. The van der Waals surface area contributed by atoms with Crippen molar-refractivity contribution in [3.63, 3.8) is 0 Å². The normalized spacial score (nSPS) is 20.4. The minimum absolute atomic E-state index is 0.270. The van der Waals surface area contributed by atoms with Crippen LogP contribution < -0.4 is 0 Å². The van der Waals surface area contributed by atoms with Crippen molar-refractivity contribution < 1.29 is 17.2 Å². The Morgan fingerprint density at radius 3 is 2.59 bits per heavy atom. The van der Waals surface area contributed by atoms with Crippen molar-refractivity contribution in [3.8, 4) is 0 Å². The summed E-state index contributed by atoms with van der Waals surface area (Å²) in [5.41, 5.74) is 1.96. The largest absolute Gasteiger partial charge is 0.316 e. The lowest BCUT2D eigenvalue weighted by Crippen LogP contribution is -2.39. The van der Waals surface area contributed by atoms with Crippen LogP contribution in [0.1, 0.15) is 57.1 Å². The highest BCUT2D eigenvalue weighted by Crippen LogP contribution is 2.38. The van der Waals surface area contributed by atoms with Crippen LogP contribution in [0.5, 0.6) is 0 Å².